The van der Waals surface area contributed by atoms with Crippen LogP contribution in [0.4, 0.5) is 0 Å². The second kappa shape index (κ2) is 8.76. The third-order valence-electron chi connectivity index (χ3n) is 6.34. The molecule has 0 amide bonds. The number of Topliss-reactive ketones (excluding diaryl/α,β-unsaturated/α-hetero) is 3. The highest BCUT2D eigenvalue weighted by Crippen LogP contribution is 2.48. The van der Waals surface area contributed by atoms with Crippen molar-refractivity contribution in [2.75, 3.05) is 7.11 Å². The Bertz CT molecular complexity index is 1020. The Kier molecular flexibility index (Phi) is 6.55. The smallest absolute Gasteiger partial charge is 0.308 e. The molecule has 0 aromatic heterocycles. The molecule has 0 saturated heterocycles. The number of aliphatic hydroxyl groups is 1. The minimum absolute atomic E-state index is 0.0882. The first-order valence-corrected chi connectivity index (χ1v) is 11.1. The Morgan fingerprint density at radius 1 is 0.970 bits per heavy atom. The molecule has 0 spiro atoms. The number of carbonyl (C=O) groups excluding carboxylic acids is 4. The number of ether oxygens (including phenoxy) is 2. The number of esters is 1. The zero-order valence-electron chi connectivity index (χ0n) is 20.1. The summed E-state index contributed by atoms with van der Waals surface area (Å²) in [7, 11) is 1.41. The van der Waals surface area contributed by atoms with E-state index in [0.717, 1.165) is 0 Å². The van der Waals surface area contributed by atoms with E-state index in [2.05, 4.69) is 0 Å². The lowest BCUT2D eigenvalue weighted by Crippen LogP contribution is -2.43. The largest absolute Gasteiger partial charge is 0.512 e. The molecule has 0 bridgehead atoms. The van der Waals surface area contributed by atoms with Crippen LogP contribution in [0.25, 0.3) is 0 Å². The third-order valence-corrected chi connectivity index (χ3v) is 6.34. The van der Waals surface area contributed by atoms with Gasteiger partial charge in [-0.1, -0.05) is 33.8 Å². The molecule has 0 heterocycles. The fourth-order valence-electron chi connectivity index (χ4n) is 5.07. The average Bonchev–Trinajstić information content (AvgIpc) is 2.63. The van der Waals surface area contributed by atoms with Gasteiger partial charge in [0.05, 0.1) is 13.0 Å². The third kappa shape index (κ3) is 5.18. The molecule has 178 valence electrons. The molecule has 1 saturated carbocycles. The number of hydrogen-bond acceptors (Lipinski definition) is 7. The van der Waals surface area contributed by atoms with Gasteiger partial charge in [-0.2, -0.15) is 0 Å². The van der Waals surface area contributed by atoms with E-state index in [1.807, 2.05) is 27.7 Å². The Morgan fingerprint density at radius 2 is 1.55 bits per heavy atom. The van der Waals surface area contributed by atoms with Crippen molar-refractivity contribution in [1.82, 2.24) is 0 Å². The number of carbonyl (C=O) groups is 4. The molecule has 1 N–H and O–H groups in total. The summed E-state index contributed by atoms with van der Waals surface area (Å²) in [5.41, 5.74) is -0.290. The lowest BCUT2D eigenvalue weighted by atomic mass is 9.62. The monoisotopic (exact) mass is 456 g/mol. The lowest BCUT2D eigenvalue weighted by molar-refractivity contribution is -0.140. The molecule has 3 rings (SSSR count). The number of methoxy groups -OCH3 is 1. The van der Waals surface area contributed by atoms with Gasteiger partial charge in [-0.25, -0.2) is 0 Å². The normalized spacial score (nSPS) is 21.7. The van der Waals surface area contributed by atoms with Crippen LogP contribution in [-0.4, -0.2) is 35.5 Å². The van der Waals surface area contributed by atoms with Crippen molar-refractivity contribution in [3.05, 3.63) is 35.1 Å². The van der Waals surface area contributed by atoms with Crippen LogP contribution in [0.5, 0.6) is 11.5 Å². The highest BCUT2D eigenvalue weighted by atomic mass is 16.6. The van der Waals surface area contributed by atoms with Crippen LogP contribution < -0.4 is 9.47 Å². The number of ketones is 3. The first-order chi connectivity index (χ1) is 15.2. The number of rotatable bonds is 5. The van der Waals surface area contributed by atoms with Gasteiger partial charge in [-0.15, -0.1) is 0 Å². The van der Waals surface area contributed by atoms with Crippen LogP contribution in [-0.2, 0) is 19.2 Å². The van der Waals surface area contributed by atoms with E-state index in [1.54, 1.807) is 12.1 Å². The topological polar surface area (TPSA) is 107 Å². The van der Waals surface area contributed by atoms with Crippen LogP contribution in [0.15, 0.2) is 29.5 Å². The summed E-state index contributed by atoms with van der Waals surface area (Å²) >= 11 is 0. The van der Waals surface area contributed by atoms with E-state index in [-0.39, 0.29) is 65.9 Å². The second-order valence-electron chi connectivity index (χ2n) is 10.7. The Balaban J connectivity index is 2.19. The molecule has 7 nitrogen and oxygen atoms in total. The zero-order valence-corrected chi connectivity index (χ0v) is 20.1. The standard InChI is InChI=1S/C26H32O7/c1-14(27)33-20-8-7-15(9-21(20)32-6)22(23-16(28)10-25(2,3)11-17(23)29)24-18(30)12-26(4,5)13-19(24)31/h7-9,22-23,30H,10-13H2,1-6H3. The van der Waals surface area contributed by atoms with E-state index in [0.29, 0.717) is 5.56 Å². The first-order valence-electron chi connectivity index (χ1n) is 11.1. The van der Waals surface area contributed by atoms with Gasteiger partial charge in [0, 0.05) is 44.1 Å². The number of allylic oxidation sites excluding steroid dienone is 2. The Labute approximate surface area is 194 Å². The fraction of sp³-hybridized carbons (Fsp3) is 0.538. The van der Waals surface area contributed by atoms with Crippen LogP contribution in [0.1, 0.15) is 71.8 Å². The SMILES string of the molecule is COc1cc(C(C2=C(O)CC(C)(C)CC2=O)C2C(=O)CC(C)(C)CC2=O)ccc1OC(C)=O. The van der Waals surface area contributed by atoms with Gasteiger partial charge < -0.3 is 14.6 Å². The molecule has 1 aromatic rings. The molecule has 1 fully saturated rings. The quantitative estimate of drug-likeness (QED) is 0.395. The molecule has 0 radical (unpaired) electrons. The highest BCUT2D eigenvalue weighted by molar-refractivity contribution is 6.09. The molecule has 1 atom stereocenters. The zero-order chi connectivity index (χ0) is 24.7. The molecule has 1 aromatic carbocycles. The van der Waals surface area contributed by atoms with Gasteiger partial charge in [0.1, 0.15) is 17.3 Å². The molecule has 7 heteroatoms. The summed E-state index contributed by atoms with van der Waals surface area (Å²) in [5, 5.41) is 10.9. The molecule has 0 aliphatic heterocycles. The highest BCUT2D eigenvalue weighted by Gasteiger charge is 2.48. The average molecular weight is 457 g/mol. The summed E-state index contributed by atoms with van der Waals surface area (Å²) < 4.78 is 10.5. The van der Waals surface area contributed by atoms with Crippen molar-refractivity contribution in [2.45, 2.75) is 66.2 Å². The number of aliphatic hydroxyl groups excluding tert-OH is 1. The van der Waals surface area contributed by atoms with Crippen molar-refractivity contribution in [1.29, 1.82) is 0 Å². The predicted octanol–water partition coefficient (Wildman–Crippen LogP) is 4.48. The summed E-state index contributed by atoms with van der Waals surface area (Å²) in [6.07, 6.45) is 0.882. The van der Waals surface area contributed by atoms with E-state index >= 15 is 0 Å². The Hall–Kier alpha value is -2.96. The second-order valence-corrected chi connectivity index (χ2v) is 10.7. The Morgan fingerprint density at radius 3 is 2.06 bits per heavy atom. The lowest BCUT2D eigenvalue weighted by Gasteiger charge is -2.39. The van der Waals surface area contributed by atoms with Crippen LogP contribution in [0, 0.1) is 16.7 Å². The minimum Gasteiger partial charge on any atom is -0.512 e. The molecule has 1 unspecified atom stereocenters. The van der Waals surface area contributed by atoms with E-state index in [4.69, 9.17) is 9.47 Å². The number of hydrogen-bond donors (Lipinski definition) is 1. The van der Waals surface area contributed by atoms with E-state index < -0.39 is 28.6 Å². The molecular formula is C26H32O7. The van der Waals surface area contributed by atoms with Crippen molar-refractivity contribution in [2.24, 2.45) is 16.7 Å². The van der Waals surface area contributed by atoms with Gasteiger partial charge in [0.15, 0.2) is 17.3 Å². The summed E-state index contributed by atoms with van der Waals surface area (Å²) in [4.78, 5) is 51.2. The molecule has 2 aliphatic carbocycles. The van der Waals surface area contributed by atoms with Crippen LogP contribution >= 0.6 is 0 Å². The molecule has 33 heavy (non-hydrogen) atoms. The van der Waals surface area contributed by atoms with Crippen molar-refractivity contribution in [3.63, 3.8) is 0 Å². The summed E-state index contributed by atoms with van der Waals surface area (Å²) in [5.74, 6) is -2.99. The van der Waals surface area contributed by atoms with Gasteiger partial charge in [-0.3, -0.25) is 19.2 Å². The molecule has 2 aliphatic rings. The van der Waals surface area contributed by atoms with Crippen LogP contribution in [0.2, 0.25) is 0 Å². The number of benzene rings is 1. The van der Waals surface area contributed by atoms with E-state index in [1.165, 1.54) is 20.1 Å². The van der Waals surface area contributed by atoms with Gasteiger partial charge in [0.2, 0.25) is 0 Å². The van der Waals surface area contributed by atoms with Crippen molar-refractivity contribution < 1.29 is 33.8 Å². The van der Waals surface area contributed by atoms with Crippen LogP contribution in [0.3, 0.4) is 0 Å². The minimum atomic E-state index is -1.08. The van der Waals surface area contributed by atoms with Gasteiger partial charge in [-0.05, 0) is 28.5 Å². The maximum absolute atomic E-state index is 13.2. The van der Waals surface area contributed by atoms with E-state index in [9.17, 15) is 24.3 Å². The van der Waals surface area contributed by atoms with Gasteiger partial charge in [0.25, 0.3) is 0 Å². The van der Waals surface area contributed by atoms with Crippen molar-refractivity contribution >= 4 is 23.3 Å². The first kappa shape index (κ1) is 24.7. The fourth-order valence-corrected chi connectivity index (χ4v) is 5.07. The predicted molar refractivity (Wildman–Crippen MR) is 121 cm³/mol. The summed E-state index contributed by atoms with van der Waals surface area (Å²) in [6.45, 7) is 8.79. The summed E-state index contributed by atoms with van der Waals surface area (Å²) in [6, 6.07) is 4.69. The molecular weight excluding hydrogens is 424 g/mol. The van der Waals surface area contributed by atoms with Crippen molar-refractivity contribution in [3.8, 4) is 11.5 Å². The maximum atomic E-state index is 13.2. The maximum Gasteiger partial charge on any atom is 0.308 e. The van der Waals surface area contributed by atoms with Gasteiger partial charge >= 0.3 is 5.97 Å².